The van der Waals surface area contributed by atoms with Crippen molar-refractivity contribution in [2.24, 2.45) is 0 Å². The zero-order valence-electron chi connectivity index (χ0n) is 16.6. The van der Waals surface area contributed by atoms with Gasteiger partial charge < -0.3 is 4.43 Å². The summed E-state index contributed by atoms with van der Waals surface area (Å²) < 4.78 is 21.1. The number of rotatable bonds is 6. The van der Waals surface area contributed by atoms with Crippen LogP contribution in [0.5, 0.6) is 0 Å². The van der Waals surface area contributed by atoms with Crippen LogP contribution in [0.4, 0.5) is 4.39 Å². The minimum Gasteiger partial charge on any atom is -0.411 e. The maximum Gasteiger partial charge on any atom is 0.192 e. The first-order chi connectivity index (χ1) is 11.9. The van der Waals surface area contributed by atoms with Crippen molar-refractivity contribution in [3.05, 3.63) is 35.9 Å². The third-order valence-electron chi connectivity index (χ3n) is 5.15. The van der Waals surface area contributed by atoms with Gasteiger partial charge in [-0.1, -0.05) is 20.8 Å². The van der Waals surface area contributed by atoms with Crippen LogP contribution in [0.1, 0.15) is 46.4 Å². The van der Waals surface area contributed by atoms with Crippen LogP contribution in [0.3, 0.4) is 0 Å². The fraction of sp³-hybridized carbons (Fsp3) is 0.526. The van der Waals surface area contributed by atoms with E-state index >= 15 is 0 Å². The van der Waals surface area contributed by atoms with E-state index < -0.39 is 20.2 Å². The van der Waals surface area contributed by atoms with Crippen LogP contribution < -0.4 is 0 Å². The van der Waals surface area contributed by atoms with Crippen molar-refractivity contribution in [1.82, 2.24) is 14.8 Å². The first-order valence-electron chi connectivity index (χ1n) is 8.77. The molecule has 1 atom stereocenters. The van der Waals surface area contributed by atoms with E-state index in [-0.39, 0.29) is 10.8 Å². The van der Waals surface area contributed by atoms with E-state index in [1.807, 2.05) is 13.0 Å². The highest BCUT2D eigenvalue weighted by Gasteiger charge is 2.37. The van der Waals surface area contributed by atoms with Gasteiger partial charge in [-0.05, 0) is 50.2 Å². The molecule has 0 radical (unpaired) electrons. The number of Topliss-reactive ketones (excluding diaryl/α,β-unsaturated/α-hetero) is 1. The molecule has 2 aromatic rings. The molecule has 0 fully saturated rings. The number of pyridine rings is 1. The zero-order chi connectivity index (χ0) is 19.7. The predicted molar refractivity (Wildman–Crippen MR) is 103 cm³/mol. The van der Waals surface area contributed by atoms with Crippen LogP contribution in [0.25, 0.3) is 11.4 Å². The Balaban J connectivity index is 2.37. The van der Waals surface area contributed by atoms with Gasteiger partial charge in [0.2, 0.25) is 0 Å². The summed E-state index contributed by atoms with van der Waals surface area (Å²) in [6.45, 7) is 14.7. The van der Waals surface area contributed by atoms with E-state index in [9.17, 15) is 9.18 Å². The lowest BCUT2D eigenvalue weighted by molar-refractivity contribution is -0.119. The van der Waals surface area contributed by atoms with Crippen molar-refractivity contribution >= 4 is 14.1 Å². The average Bonchev–Trinajstić information content (AvgIpc) is 2.96. The number of nitrogens with zero attached hydrogens (tertiary/aromatic N) is 3. The van der Waals surface area contributed by atoms with Crippen molar-refractivity contribution < 1.29 is 13.6 Å². The molecule has 7 heteroatoms. The van der Waals surface area contributed by atoms with Crippen LogP contribution in [0.2, 0.25) is 18.1 Å². The number of hydrogen-bond acceptors (Lipinski definition) is 4. The van der Waals surface area contributed by atoms with Crippen LogP contribution in [-0.2, 0) is 15.8 Å². The third-order valence-corrected chi connectivity index (χ3v) is 9.62. The van der Waals surface area contributed by atoms with E-state index in [0.29, 0.717) is 18.0 Å². The molecule has 0 spiro atoms. The number of carbonyl (C=O) groups excluding carboxylic acids is 1. The van der Waals surface area contributed by atoms with E-state index in [1.165, 1.54) is 6.07 Å². The molecular formula is C19H28FN3O2Si. The van der Waals surface area contributed by atoms with Gasteiger partial charge in [0.1, 0.15) is 17.6 Å². The molecule has 2 rings (SSSR count). The number of carbonyl (C=O) groups is 1. The Kier molecular flexibility index (Phi) is 5.82. The quantitative estimate of drug-likeness (QED) is 0.681. The van der Waals surface area contributed by atoms with Gasteiger partial charge in [-0.25, -0.2) is 4.39 Å². The van der Waals surface area contributed by atoms with Crippen molar-refractivity contribution in [3.63, 3.8) is 0 Å². The summed E-state index contributed by atoms with van der Waals surface area (Å²) in [5.74, 6) is -0.382. The number of aromatic nitrogens is 3. The Morgan fingerprint density at radius 1 is 1.31 bits per heavy atom. The fourth-order valence-corrected chi connectivity index (χ4v) is 3.11. The van der Waals surface area contributed by atoms with Crippen LogP contribution in [0, 0.1) is 5.82 Å². The largest absolute Gasteiger partial charge is 0.411 e. The molecular weight excluding hydrogens is 349 g/mol. The lowest BCUT2D eigenvalue weighted by atomic mass is 10.2. The Morgan fingerprint density at radius 3 is 2.46 bits per heavy atom. The summed E-state index contributed by atoms with van der Waals surface area (Å²) in [6, 6.07) is 4.40. The van der Waals surface area contributed by atoms with Gasteiger partial charge in [-0.3, -0.25) is 14.5 Å². The molecule has 142 valence electrons. The molecule has 0 aliphatic rings. The SMILES string of the molecule is CC(=O)C(C)n1nc(-c2ccc(F)cn2)cc1CO[Si](C)(C)C(C)(C)C. The Hall–Kier alpha value is -1.86. The van der Waals surface area contributed by atoms with Gasteiger partial charge >= 0.3 is 0 Å². The smallest absolute Gasteiger partial charge is 0.192 e. The highest BCUT2D eigenvalue weighted by molar-refractivity contribution is 6.74. The molecule has 2 aromatic heterocycles. The number of halogens is 1. The highest BCUT2D eigenvalue weighted by atomic mass is 28.4. The third kappa shape index (κ3) is 4.45. The maximum absolute atomic E-state index is 13.1. The zero-order valence-corrected chi connectivity index (χ0v) is 17.6. The lowest BCUT2D eigenvalue weighted by Crippen LogP contribution is -2.40. The van der Waals surface area contributed by atoms with Gasteiger partial charge in [0, 0.05) is 0 Å². The summed E-state index contributed by atoms with van der Waals surface area (Å²) in [6.07, 6.45) is 1.16. The minimum atomic E-state index is -1.94. The molecule has 5 nitrogen and oxygen atoms in total. The lowest BCUT2D eigenvalue weighted by Gasteiger charge is -2.36. The molecule has 0 amide bonds. The molecule has 0 saturated heterocycles. The van der Waals surface area contributed by atoms with Gasteiger partial charge in [-0.15, -0.1) is 0 Å². The van der Waals surface area contributed by atoms with Gasteiger partial charge in [-0.2, -0.15) is 5.10 Å². The summed E-state index contributed by atoms with van der Waals surface area (Å²) in [5, 5.41) is 4.63. The molecule has 0 aromatic carbocycles. The molecule has 2 heterocycles. The number of hydrogen-bond donors (Lipinski definition) is 0. The Morgan fingerprint density at radius 2 is 1.96 bits per heavy atom. The van der Waals surface area contributed by atoms with Gasteiger partial charge in [0.25, 0.3) is 0 Å². The van der Waals surface area contributed by atoms with E-state index in [2.05, 4.69) is 43.9 Å². The van der Waals surface area contributed by atoms with Crippen molar-refractivity contribution in [2.75, 3.05) is 0 Å². The fourth-order valence-electron chi connectivity index (χ4n) is 2.17. The normalized spacial score (nSPS) is 13.7. The van der Waals surface area contributed by atoms with E-state index in [4.69, 9.17) is 4.43 Å². The van der Waals surface area contributed by atoms with Gasteiger partial charge in [0.15, 0.2) is 14.1 Å². The van der Waals surface area contributed by atoms with E-state index in [1.54, 1.807) is 17.7 Å². The average molecular weight is 378 g/mol. The van der Waals surface area contributed by atoms with Crippen LogP contribution in [0.15, 0.2) is 24.4 Å². The number of ketones is 1. The minimum absolute atomic E-state index is 0.0142. The van der Waals surface area contributed by atoms with Crippen molar-refractivity contribution in [1.29, 1.82) is 0 Å². The second-order valence-electron chi connectivity index (χ2n) is 8.16. The predicted octanol–water partition coefficient (Wildman–Crippen LogP) is 4.76. The second-order valence-corrected chi connectivity index (χ2v) is 13.0. The van der Waals surface area contributed by atoms with E-state index in [0.717, 1.165) is 11.9 Å². The van der Waals surface area contributed by atoms with Gasteiger partial charge in [0.05, 0.1) is 24.2 Å². The van der Waals surface area contributed by atoms with Crippen LogP contribution in [-0.4, -0.2) is 28.9 Å². The summed E-state index contributed by atoms with van der Waals surface area (Å²) in [7, 11) is -1.94. The topological polar surface area (TPSA) is 57.0 Å². The Bertz CT molecular complexity index is 779. The van der Waals surface area contributed by atoms with Crippen LogP contribution >= 0.6 is 0 Å². The molecule has 0 aliphatic carbocycles. The van der Waals surface area contributed by atoms with Crippen molar-refractivity contribution in [3.8, 4) is 11.4 Å². The molecule has 0 N–H and O–H groups in total. The molecule has 0 aliphatic heterocycles. The first kappa shape index (κ1) is 20.4. The standard InChI is InChI=1S/C19H28FN3O2Si/c1-13(14(2)24)23-16(12-25-26(6,7)19(3,4)5)10-18(22-23)17-9-8-15(20)11-21-17/h8-11,13H,12H2,1-7H3. The summed E-state index contributed by atoms with van der Waals surface area (Å²) >= 11 is 0. The monoisotopic (exact) mass is 377 g/mol. The first-order valence-corrected chi connectivity index (χ1v) is 11.7. The van der Waals surface area contributed by atoms with Crippen molar-refractivity contribution in [2.45, 2.75) is 65.4 Å². The Labute approximate surface area is 155 Å². The molecule has 0 bridgehead atoms. The molecule has 0 saturated carbocycles. The second kappa shape index (κ2) is 7.40. The summed E-state index contributed by atoms with van der Waals surface area (Å²) in [5.41, 5.74) is 1.99. The summed E-state index contributed by atoms with van der Waals surface area (Å²) in [4.78, 5) is 16.0. The molecule has 1 unspecified atom stereocenters. The maximum atomic E-state index is 13.1. The highest BCUT2D eigenvalue weighted by Crippen LogP contribution is 2.37. The molecule has 26 heavy (non-hydrogen) atoms.